The summed E-state index contributed by atoms with van der Waals surface area (Å²) in [7, 11) is 0. The Kier molecular flexibility index (Phi) is 3.24. The number of benzene rings is 1. The summed E-state index contributed by atoms with van der Waals surface area (Å²) in [5.74, 6) is -1.44. The van der Waals surface area contributed by atoms with Gasteiger partial charge in [-0.1, -0.05) is 0 Å². The van der Waals surface area contributed by atoms with Crippen molar-refractivity contribution in [3.05, 3.63) is 47.4 Å². The van der Waals surface area contributed by atoms with E-state index in [1.165, 1.54) is 24.5 Å². The zero-order valence-electron chi connectivity index (χ0n) is 10.0. The third-order valence-corrected chi connectivity index (χ3v) is 2.48. The van der Waals surface area contributed by atoms with Crippen LogP contribution >= 0.6 is 0 Å². The number of phenols is 1. The number of rotatable bonds is 3. The lowest BCUT2D eigenvalue weighted by Crippen LogP contribution is -2.11. The van der Waals surface area contributed by atoms with Gasteiger partial charge >= 0.3 is 5.97 Å². The highest BCUT2D eigenvalue weighted by atomic mass is 16.4. The van der Waals surface area contributed by atoms with E-state index < -0.39 is 17.6 Å². The molecule has 0 spiro atoms. The number of carbonyl (C=O) groups excluding carboxylic acids is 1. The maximum atomic E-state index is 11.8. The second-order valence-electron chi connectivity index (χ2n) is 3.94. The molecule has 3 N–H and O–H groups in total. The summed E-state index contributed by atoms with van der Waals surface area (Å²) in [6.45, 7) is 1.71. The first-order valence-corrected chi connectivity index (χ1v) is 5.40. The average Bonchev–Trinajstić information content (AvgIpc) is 2.75. The Bertz CT molecular complexity index is 644. The van der Waals surface area contributed by atoms with Gasteiger partial charge in [-0.25, -0.2) is 4.79 Å². The molecule has 1 heterocycles. The van der Waals surface area contributed by atoms with Crippen LogP contribution in [0, 0.1) is 6.92 Å². The van der Waals surface area contributed by atoms with Crippen molar-refractivity contribution in [2.24, 2.45) is 0 Å². The van der Waals surface area contributed by atoms with Gasteiger partial charge in [-0.3, -0.25) is 4.79 Å². The molecule has 6 heteroatoms. The second kappa shape index (κ2) is 4.85. The normalized spacial score (nSPS) is 10.2. The van der Waals surface area contributed by atoms with Crippen LogP contribution in [0.15, 0.2) is 34.9 Å². The molecule has 0 aliphatic heterocycles. The van der Waals surface area contributed by atoms with E-state index >= 15 is 0 Å². The zero-order valence-corrected chi connectivity index (χ0v) is 10.0. The summed E-state index contributed by atoms with van der Waals surface area (Å²) in [6.07, 6.45) is 1.32. The van der Waals surface area contributed by atoms with E-state index in [1.54, 1.807) is 13.0 Å². The van der Waals surface area contributed by atoms with Crippen molar-refractivity contribution in [1.82, 2.24) is 0 Å². The fourth-order valence-corrected chi connectivity index (χ4v) is 1.56. The number of aromatic hydroxyl groups is 1. The molecule has 6 nitrogen and oxygen atoms in total. The smallest absolute Gasteiger partial charge is 0.339 e. The number of carboxylic acid groups (broad SMARTS) is 1. The van der Waals surface area contributed by atoms with E-state index in [4.69, 9.17) is 9.52 Å². The molecule has 0 aliphatic carbocycles. The lowest BCUT2D eigenvalue weighted by Gasteiger charge is -2.05. The predicted molar refractivity (Wildman–Crippen MR) is 66.5 cm³/mol. The highest BCUT2D eigenvalue weighted by Gasteiger charge is 2.12. The summed E-state index contributed by atoms with van der Waals surface area (Å²) in [5, 5.41) is 20.8. The van der Waals surface area contributed by atoms with Crippen LogP contribution in [0.3, 0.4) is 0 Å². The third-order valence-electron chi connectivity index (χ3n) is 2.48. The first-order valence-electron chi connectivity index (χ1n) is 5.40. The van der Waals surface area contributed by atoms with Crippen LogP contribution in [-0.4, -0.2) is 22.1 Å². The number of aromatic carboxylic acids is 1. The zero-order chi connectivity index (χ0) is 14.0. The summed E-state index contributed by atoms with van der Waals surface area (Å²) in [6, 6.07) is 5.36. The number of aryl methyl sites for hydroxylation is 1. The minimum Gasteiger partial charge on any atom is -0.507 e. The van der Waals surface area contributed by atoms with Crippen molar-refractivity contribution >= 4 is 17.6 Å². The monoisotopic (exact) mass is 261 g/mol. The Hall–Kier alpha value is -2.76. The van der Waals surface area contributed by atoms with Crippen molar-refractivity contribution in [1.29, 1.82) is 0 Å². The van der Waals surface area contributed by atoms with Crippen LogP contribution in [0.25, 0.3) is 0 Å². The minimum atomic E-state index is -1.24. The molecule has 0 bridgehead atoms. The van der Waals surface area contributed by atoms with Crippen molar-refractivity contribution < 1.29 is 24.2 Å². The molecule has 0 saturated carbocycles. The summed E-state index contributed by atoms with van der Waals surface area (Å²) >= 11 is 0. The number of furan rings is 1. The van der Waals surface area contributed by atoms with Crippen LogP contribution < -0.4 is 5.32 Å². The molecule has 0 radical (unpaired) electrons. The summed E-state index contributed by atoms with van der Waals surface area (Å²) < 4.78 is 5.01. The third kappa shape index (κ3) is 2.74. The topological polar surface area (TPSA) is 99.8 Å². The molecule has 0 atom stereocenters. The Balaban J connectivity index is 2.18. The Labute approximate surface area is 108 Å². The van der Waals surface area contributed by atoms with Crippen LogP contribution in [0.5, 0.6) is 5.75 Å². The number of anilines is 1. The SMILES string of the molecule is Cc1cc(C(=O)Nc2ccc(C(=O)O)c(O)c2)co1. The summed E-state index contributed by atoms with van der Waals surface area (Å²) in [5.41, 5.74) is 0.419. The molecule has 0 unspecified atom stereocenters. The molecular weight excluding hydrogens is 250 g/mol. The van der Waals surface area contributed by atoms with Crippen molar-refractivity contribution in [2.45, 2.75) is 6.92 Å². The lowest BCUT2D eigenvalue weighted by atomic mass is 10.2. The maximum Gasteiger partial charge on any atom is 0.339 e. The largest absolute Gasteiger partial charge is 0.507 e. The molecule has 19 heavy (non-hydrogen) atoms. The number of carbonyl (C=O) groups is 2. The van der Waals surface area contributed by atoms with Crippen LogP contribution in [-0.2, 0) is 0 Å². The maximum absolute atomic E-state index is 11.8. The number of nitrogens with one attached hydrogen (secondary N) is 1. The number of amides is 1. The Morgan fingerprint density at radius 2 is 2.00 bits per heavy atom. The van der Waals surface area contributed by atoms with Gasteiger partial charge in [-0.05, 0) is 25.1 Å². The van der Waals surface area contributed by atoms with Gasteiger partial charge < -0.3 is 19.9 Å². The van der Waals surface area contributed by atoms with Gasteiger partial charge in [0.25, 0.3) is 5.91 Å². The van der Waals surface area contributed by atoms with Crippen molar-refractivity contribution in [3.8, 4) is 5.75 Å². The van der Waals surface area contributed by atoms with E-state index in [1.807, 2.05) is 0 Å². The van der Waals surface area contributed by atoms with Gasteiger partial charge in [0.05, 0.1) is 5.56 Å². The molecule has 2 rings (SSSR count). The Morgan fingerprint density at radius 1 is 1.26 bits per heavy atom. The van der Waals surface area contributed by atoms with Gasteiger partial charge in [0.15, 0.2) is 0 Å². The fourth-order valence-electron chi connectivity index (χ4n) is 1.56. The predicted octanol–water partition coefficient (Wildman–Crippen LogP) is 2.24. The molecule has 1 aromatic heterocycles. The van der Waals surface area contributed by atoms with Crippen molar-refractivity contribution in [3.63, 3.8) is 0 Å². The number of carboxylic acids is 1. The highest BCUT2D eigenvalue weighted by Crippen LogP contribution is 2.22. The van der Waals surface area contributed by atoms with E-state index in [0.29, 0.717) is 17.0 Å². The van der Waals surface area contributed by atoms with Crippen LogP contribution in [0.4, 0.5) is 5.69 Å². The fraction of sp³-hybridized carbons (Fsp3) is 0.0769. The van der Waals surface area contributed by atoms with Gasteiger partial charge in [0.1, 0.15) is 23.3 Å². The minimum absolute atomic E-state index is 0.225. The molecule has 0 fully saturated rings. The van der Waals surface area contributed by atoms with E-state index in [2.05, 4.69) is 5.32 Å². The molecular formula is C13H11NO5. The number of hydrogen-bond acceptors (Lipinski definition) is 4. The lowest BCUT2D eigenvalue weighted by molar-refractivity contribution is 0.0693. The molecule has 0 aliphatic rings. The highest BCUT2D eigenvalue weighted by molar-refractivity contribution is 6.04. The quantitative estimate of drug-likeness (QED) is 0.786. The molecule has 0 saturated heterocycles. The van der Waals surface area contributed by atoms with Gasteiger partial charge in [0.2, 0.25) is 0 Å². The van der Waals surface area contributed by atoms with Gasteiger partial charge in [-0.2, -0.15) is 0 Å². The molecule has 1 aromatic carbocycles. The molecule has 98 valence electrons. The molecule has 2 aromatic rings. The van der Waals surface area contributed by atoms with Gasteiger partial charge in [0, 0.05) is 11.8 Å². The van der Waals surface area contributed by atoms with E-state index in [0.717, 1.165) is 0 Å². The van der Waals surface area contributed by atoms with Crippen LogP contribution in [0.2, 0.25) is 0 Å². The average molecular weight is 261 g/mol. The van der Waals surface area contributed by atoms with Crippen LogP contribution in [0.1, 0.15) is 26.5 Å². The first kappa shape index (κ1) is 12.7. The van der Waals surface area contributed by atoms with Crippen molar-refractivity contribution in [2.75, 3.05) is 5.32 Å². The van der Waals surface area contributed by atoms with E-state index in [-0.39, 0.29) is 5.56 Å². The Morgan fingerprint density at radius 3 is 2.53 bits per heavy atom. The standard InChI is InChI=1S/C13H11NO5/c1-7-4-8(6-19-7)12(16)14-9-2-3-10(13(17)18)11(15)5-9/h2-6,15H,1H3,(H,14,16)(H,17,18). The second-order valence-corrected chi connectivity index (χ2v) is 3.94. The van der Waals surface area contributed by atoms with E-state index in [9.17, 15) is 14.7 Å². The summed E-state index contributed by atoms with van der Waals surface area (Å²) in [4.78, 5) is 22.5. The number of hydrogen-bond donors (Lipinski definition) is 3. The van der Waals surface area contributed by atoms with Gasteiger partial charge in [-0.15, -0.1) is 0 Å². The first-order chi connectivity index (χ1) is 8.97. The molecule has 1 amide bonds.